The minimum absolute atomic E-state index is 0.00143. The molecule has 0 unspecified atom stereocenters. The standard InChI is InChI=1S/C23H20ClFN4O5/c24-15-2-1-13(5-16(15)25)32-8-19(30)27-23-10-22(11-23,12-23)21-29-28-20(34-21)9-33-14-6-18-17(26-7-14)3-4-31-18/h1-2,5-7H,3-4,8-12H2,(H,27,30). The Balaban J connectivity index is 0.986. The van der Waals surface area contributed by atoms with Crippen LogP contribution < -0.4 is 19.5 Å². The van der Waals surface area contributed by atoms with Crippen molar-refractivity contribution < 1.29 is 27.8 Å². The summed E-state index contributed by atoms with van der Waals surface area (Å²) in [5.41, 5.74) is 0.441. The van der Waals surface area contributed by atoms with Crippen molar-refractivity contribution in [2.24, 2.45) is 0 Å². The summed E-state index contributed by atoms with van der Waals surface area (Å²) in [7, 11) is 0. The molecule has 3 aliphatic carbocycles. The van der Waals surface area contributed by atoms with Gasteiger partial charge in [0.2, 0.25) is 5.89 Å². The third kappa shape index (κ3) is 3.71. The van der Waals surface area contributed by atoms with E-state index in [2.05, 4.69) is 20.5 Å². The smallest absolute Gasteiger partial charge is 0.258 e. The van der Waals surface area contributed by atoms with Crippen LogP contribution in [0.1, 0.15) is 36.7 Å². The molecule has 4 aliphatic rings. The lowest BCUT2D eigenvalue weighted by atomic mass is 9.39. The van der Waals surface area contributed by atoms with Crippen LogP contribution in [0.4, 0.5) is 4.39 Å². The van der Waals surface area contributed by atoms with E-state index >= 15 is 0 Å². The van der Waals surface area contributed by atoms with E-state index in [-0.39, 0.29) is 40.8 Å². The highest BCUT2D eigenvalue weighted by atomic mass is 35.5. The zero-order valence-corrected chi connectivity index (χ0v) is 18.7. The Hall–Kier alpha value is -3.40. The molecule has 0 radical (unpaired) electrons. The molecule has 3 aromatic rings. The van der Waals surface area contributed by atoms with Crippen molar-refractivity contribution in [2.75, 3.05) is 13.2 Å². The number of amides is 1. The fraction of sp³-hybridized carbons (Fsp3) is 0.391. The van der Waals surface area contributed by atoms with Gasteiger partial charge in [-0.15, -0.1) is 10.2 Å². The summed E-state index contributed by atoms with van der Waals surface area (Å²) in [6, 6.07) is 5.86. The number of hydrogen-bond donors (Lipinski definition) is 1. The van der Waals surface area contributed by atoms with Crippen LogP contribution >= 0.6 is 11.6 Å². The first-order valence-corrected chi connectivity index (χ1v) is 11.3. The highest BCUT2D eigenvalue weighted by molar-refractivity contribution is 6.30. The molecule has 1 amide bonds. The number of fused-ring (bicyclic) bond motifs is 1. The molecule has 1 aliphatic heterocycles. The van der Waals surface area contributed by atoms with E-state index < -0.39 is 5.82 Å². The lowest BCUT2D eigenvalue weighted by Crippen LogP contribution is -2.77. The summed E-state index contributed by atoms with van der Waals surface area (Å²) in [5.74, 6) is 1.65. The molecule has 7 rings (SSSR count). The molecule has 3 saturated carbocycles. The molecular formula is C23H20ClFN4O5. The van der Waals surface area contributed by atoms with Gasteiger partial charge in [0, 0.05) is 24.1 Å². The van der Waals surface area contributed by atoms with Gasteiger partial charge in [-0.25, -0.2) is 4.39 Å². The lowest BCUT2D eigenvalue weighted by molar-refractivity contribution is -0.143. The number of ether oxygens (including phenoxy) is 3. The average molecular weight is 487 g/mol. The summed E-state index contributed by atoms with van der Waals surface area (Å²) in [6.07, 6.45) is 4.62. The van der Waals surface area contributed by atoms with Crippen LogP contribution in [0.5, 0.6) is 17.2 Å². The number of benzene rings is 1. The maximum Gasteiger partial charge on any atom is 0.258 e. The average Bonchev–Trinajstić information content (AvgIpc) is 3.43. The number of carbonyl (C=O) groups excluding carboxylic acids is 1. The summed E-state index contributed by atoms with van der Waals surface area (Å²) < 4.78 is 35.9. The highest BCUT2D eigenvalue weighted by Crippen LogP contribution is 2.67. The Labute approximate surface area is 198 Å². The summed E-state index contributed by atoms with van der Waals surface area (Å²) in [4.78, 5) is 16.6. The number of rotatable bonds is 8. The molecule has 0 spiro atoms. The van der Waals surface area contributed by atoms with Crippen molar-refractivity contribution >= 4 is 17.5 Å². The number of nitrogens with zero attached hydrogens (tertiary/aromatic N) is 3. The normalized spacial score (nSPS) is 23.8. The molecule has 1 N–H and O–H groups in total. The van der Waals surface area contributed by atoms with E-state index in [1.807, 2.05) is 6.07 Å². The van der Waals surface area contributed by atoms with Crippen LogP contribution in [0.3, 0.4) is 0 Å². The number of hydrogen-bond acceptors (Lipinski definition) is 8. The molecule has 9 nitrogen and oxygen atoms in total. The molecule has 176 valence electrons. The monoisotopic (exact) mass is 486 g/mol. The molecule has 2 bridgehead atoms. The molecule has 3 heterocycles. The number of carbonyl (C=O) groups is 1. The predicted octanol–water partition coefficient (Wildman–Crippen LogP) is 3.14. The Morgan fingerprint density at radius 2 is 2.03 bits per heavy atom. The molecule has 11 heteroatoms. The quantitative estimate of drug-likeness (QED) is 0.517. The topological polar surface area (TPSA) is 109 Å². The van der Waals surface area contributed by atoms with Gasteiger partial charge in [0.25, 0.3) is 11.8 Å². The van der Waals surface area contributed by atoms with Crippen LogP contribution in [0.2, 0.25) is 5.02 Å². The van der Waals surface area contributed by atoms with E-state index in [1.54, 1.807) is 6.20 Å². The largest absolute Gasteiger partial charge is 0.491 e. The van der Waals surface area contributed by atoms with E-state index in [4.69, 9.17) is 30.2 Å². The van der Waals surface area contributed by atoms with Gasteiger partial charge in [0.05, 0.1) is 28.9 Å². The first kappa shape index (κ1) is 21.2. The molecule has 1 aromatic carbocycles. The van der Waals surface area contributed by atoms with Crippen LogP contribution in [-0.4, -0.2) is 39.8 Å². The zero-order valence-electron chi connectivity index (χ0n) is 18.0. The summed E-state index contributed by atoms with van der Waals surface area (Å²) in [6.45, 7) is 0.562. The van der Waals surface area contributed by atoms with E-state index in [0.29, 0.717) is 24.1 Å². The second kappa shape index (κ2) is 7.83. The van der Waals surface area contributed by atoms with Gasteiger partial charge in [-0.3, -0.25) is 9.78 Å². The van der Waals surface area contributed by atoms with Gasteiger partial charge < -0.3 is 23.9 Å². The van der Waals surface area contributed by atoms with Crippen molar-refractivity contribution in [1.82, 2.24) is 20.5 Å². The van der Waals surface area contributed by atoms with Gasteiger partial charge >= 0.3 is 0 Å². The van der Waals surface area contributed by atoms with E-state index in [9.17, 15) is 9.18 Å². The maximum absolute atomic E-state index is 13.5. The first-order valence-electron chi connectivity index (χ1n) is 10.9. The van der Waals surface area contributed by atoms with Gasteiger partial charge in [-0.2, -0.15) is 0 Å². The van der Waals surface area contributed by atoms with Crippen LogP contribution in [-0.2, 0) is 23.2 Å². The minimum Gasteiger partial charge on any atom is -0.491 e. The van der Waals surface area contributed by atoms with E-state index in [0.717, 1.165) is 43.2 Å². The minimum atomic E-state index is -0.594. The summed E-state index contributed by atoms with van der Waals surface area (Å²) >= 11 is 5.65. The molecule has 0 atom stereocenters. The van der Waals surface area contributed by atoms with E-state index in [1.165, 1.54) is 12.1 Å². The molecule has 2 aromatic heterocycles. The van der Waals surface area contributed by atoms with Gasteiger partial charge in [0.1, 0.15) is 23.1 Å². The fourth-order valence-corrected chi connectivity index (χ4v) is 5.09. The van der Waals surface area contributed by atoms with Crippen molar-refractivity contribution in [1.29, 1.82) is 0 Å². The molecule has 0 saturated heterocycles. The highest BCUT2D eigenvalue weighted by Gasteiger charge is 2.71. The first-order chi connectivity index (χ1) is 16.4. The third-order valence-corrected chi connectivity index (χ3v) is 6.79. The Morgan fingerprint density at radius 1 is 1.18 bits per heavy atom. The van der Waals surface area contributed by atoms with Gasteiger partial charge in [-0.05, 0) is 31.4 Å². The number of halogens is 2. The van der Waals surface area contributed by atoms with Crippen LogP contribution in [0.25, 0.3) is 0 Å². The van der Waals surface area contributed by atoms with Crippen LogP contribution in [0, 0.1) is 5.82 Å². The van der Waals surface area contributed by atoms with Crippen LogP contribution in [0.15, 0.2) is 34.9 Å². The van der Waals surface area contributed by atoms with Gasteiger partial charge in [-0.1, -0.05) is 11.6 Å². The number of aromatic nitrogens is 3. The SMILES string of the molecule is O=C(COc1ccc(Cl)c(F)c1)NC12CC(c3nnc(COc4cnc5c(c4)OCC5)o3)(C1)C2. The Morgan fingerprint density at radius 3 is 2.85 bits per heavy atom. The molecule has 34 heavy (non-hydrogen) atoms. The van der Waals surface area contributed by atoms with Crippen molar-refractivity contribution in [2.45, 2.75) is 43.2 Å². The maximum atomic E-state index is 13.5. The zero-order chi connectivity index (χ0) is 23.3. The Bertz CT molecular complexity index is 1260. The Kier molecular flexibility index (Phi) is 4.87. The number of pyridine rings is 1. The predicted molar refractivity (Wildman–Crippen MR) is 115 cm³/mol. The van der Waals surface area contributed by atoms with Crippen molar-refractivity contribution in [3.63, 3.8) is 0 Å². The molecule has 3 fully saturated rings. The number of nitrogens with one attached hydrogen (secondary N) is 1. The second-order valence-electron chi connectivity index (χ2n) is 9.01. The third-order valence-electron chi connectivity index (χ3n) is 6.48. The van der Waals surface area contributed by atoms with Gasteiger partial charge in [0.15, 0.2) is 13.2 Å². The van der Waals surface area contributed by atoms with Crippen molar-refractivity contribution in [3.05, 3.63) is 58.8 Å². The summed E-state index contributed by atoms with van der Waals surface area (Å²) in [5, 5.41) is 11.3. The fourth-order valence-electron chi connectivity index (χ4n) is 4.97. The van der Waals surface area contributed by atoms with Crippen molar-refractivity contribution in [3.8, 4) is 17.2 Å². The lowest BCUT2D eigenvalue weighted by Gasteiger charge is -2.68. The second-order valence-corrected chi connectivity index (χ2v) is 9.41. The molecular weight excluding hydrogens is 467 g/mol.